The zero-order valence-electron chi connectivity index (χ0n) is 16.0. The average molecular weight is 447 g/mol. The van der Waals surface area contributed by atoms with E-state index in [1.165, 1.54) is 13.3 Å². The summed E-state index contributed by atoms with van der Waals surface area (Å²) in [5.41, 5.74) is 7.04. The van der Waals surface area contributed by atoms with Crippen LogP contribution < -0.4 is 16.1 Å². The Morgan fingerprint density at radius 1 is 1.11 bits per heavy atom. The Labute approximate surface area is 172 Å². The van der Waals surface area contributed by atoms with Crippen LogP contribution in [0.5, 0.6) is 0 Å². The van der Waals surface area contributed by atoms with E-state index < -0.39 is 11.8 Å². The molecule has 0 fully saturated rings. The highest BCUT2D eigenvalue weighted by atomic mass is 79.9. The summed E-state index contributed by atoms with van der Waals surface area (Å²) in [6, 6.07) is 11.9. The van der Waals surface area contributed by atoms with Gasteiger partial charge >= 0.3 is 11.8 Å². The molecule has 2 aromatic rings. The molecule has 0 aliphatic heterocycles. The third kappa shape index (κ3) is 6.79. The molecule has 2 rings (SSSR count). The van der Waals surface area contributed by atoms with Crippen molar-refractivity contribution in [1.29, 1.82) is 0 Å². The number of ether oxygens (including phenoxy) is 1. The van der Waals surface area contributed by atoms with Gasteiger partial charge in [0.2, 0.25) is 0 Å². The largest absolute Gasteiger partial charge is 0.383 e. The second-order valence-electron chi connectivity index (χ2n) is 6.18. The molecular weight excluding hydrogens is 424 g/mol. The molecule has 0 unspecified atom stereocenters. The lowest BCUT2D eigenvalue weighted by Gasteiger charge is -2.12. The van der Waals surface area contributed by atoms with Crippen molar-refractivity contribution < 1.29 is 14.3 Å². The van der Waals surface area contributed by atoms with Gasteiger partial charge in [-0.25, -0.2) is 5.43 Å². The summed E-state index contributed by atoms with van der Waals surface area (Å²) in [7, 11) is 1.51. The molecule has 0 aromatic heterocycles. The van der Waals surface area contributed by atoms with Crippen LogP contribution in [-0.4, -0.2) is 38.3 Å². The number of nitrogens with zero attached hydrogens (tertiary/aromatic N) is 1. The molecule has 2 amide bonds. The van der Waals surface area contributed by atoms with E-state index in [1.54, 1.807) is 0 Å². The first kappa shape index (κ1) is 21.6. The van der Waals surface area contributed by atoms with Crippen LogP contribution in [0.4, 0.5) is 11.4 Å². The number of aryl methyl sites for hydroxylation is 2. The molecule has 3 N–H and O–H groups in total. The second kappa shape index (κ2) is 10.6. The van der Waals surface area contributed by atoms with Gasteiger partial charge in [0.15, 0.2) is 0 Å². The first-order valence-electron chi connectivity index (χ1n) is 8.64. The van der Waals surface area contributed by atoms with E-state index in [4.69, 9.17) is 4.74 Å². The third-order valence-corrected chi connectivity index (χ3v) is 4.18. The quantitative estimate of drug-likeness (QED) is 0.263. The van der Waals surface area contributed by atoms with Crippen molar-refractivity contribution in [3.05, 3.63) is 57.6 Å². The maximum absolute atomic E-state index is 11.7. The highest BCUT2D eigenvalue weighted by Crippen LogP contribution is 2.24. The van der Waals surface area contributed by atoms with Gasteiger partial charge in [0.05, 0.1) is 12.8 Å². The maximum atomic E-state index is 11.7. The first-order chi connectivity index (χ1) is 13.4. The summed E-state index contributed by atoms with van der Waals surface area (Å²) in [6.07, 6.45) is 1.48. The molecule has 2 aromatic carbocycles. The zero-order valence-corrected chi connectivity index (χ0v) is 17.6. The third-order valence-electron chi connectivity index (χ3n) is 3.68. The summed E-state index contributed by atoms with van der Waals surface area (Å²) in [5.74, 6) is -1.61. The van der Waals surface area contributed by atoms with E-state index >= 15 is 0 Å². The van der Waals surface area contributed by atoms with Crippen molar-refractivity contribution >= 4 is 45.3 Å². The number of carbonyl (C=O) groups excluding carboxylic acids is 2. The minimum Gasteiger partial charge on any atom is -0.383 e. The standard InChI is InChI=1S/C20H23BrN4O3/c1-13-8-14(2)10-17(9-13)24-18-5-4-16(21)11-15(18)12-23-25-20(27)19(26)22-6-7-28-3/h4-5,8-12,24H,6-7H2,1-3H3,(H,22,26)(H,25,27)/b23-12-. The van der Waals surface area contributed by atoms with Gasteiger partial charge in [-0.05, 0) is 55.3 Å². The number of benzene rings is 2. The SMILES string of the molecule is COCCNC(=O)C(=O)N/N=C\c1cc(Br)ccc1Nc1cc(C)cc(C)c1. The van der Waals surface area contributed by atoms with Gasteiger partial charge in [0, 0.05) is 35.1 Å². The molecule has 0 bridgehead atoms. The van der Waals surface area contributed by atoms with Crippen molar-refractivity contribution in [2.24, 2.45) is 5.10 Å². The Hall–Kier alpha value is -2.71. The maximum Gasteiger partial charge on any atom is 0.329 e. The number of amides is 2. The molecular formula is C20H23BrN4O3. The summed E-state index contributed by atoms with van der Waals surface area (Å²) in [5, 5.41) is 9.68. The van der Waals surface area contributed by atoms with Gasteiger partial charge in [-0.3, -0.25) is 9.59 Å². The molecule has 7 nitrogen and oxygen atoms in total. The van der Waals surface area contributed by atoms with Crippen LogP contribution in [0, 0.1) is 13.8 Å². The number of rotatable bonds is 7. The first-order valence-corrected chi connectivity index (χ1v) is 9.43. The van der Waals surface area contributed by atoms with Gasteiger partial charge in [0.25, 0.3) is 0 Å². The van der Waals surface area contributed by atoms with E-state index in [0.717, 1.165) is 32.5 Å². The molecule has 28 heavy (non-hydrogen) atoms. The summed E-state index contributed by atoms with van der Waals surface area (Å²) in [6.45, 7) is 4.65. The number of carbonyl (C=O) groups is 2. The fraction of sp³-hybridized carbons (Fsp3) is 0.250. The number of halogens is 1. The molecule has 0 spiro atoms. The Morgan fingerprint density at radius 2 is 1.82 bits per heavy atom. The lowest BCUT2D eigenvalue weighted by molar-refractivity contribution is -0.139. The van der Waals surface area contributed by atoms with Crippen LogP contribution >= 0.6 is 15.9 Å². The molecule has 0 radical (unpaired) electrons. The van der Waals surface area contributed by atoms with Crippen molar-refractivity contribution in [1.82, 2.24) is 10.7 Å². The molecule has 148 valence electrons. The van der Waals surface area contributed by atoms with Crippen LogP contribution in [0.25, 0.3) is 0 Å². The van der Waals surface area contributed by atoms with Crippen LogP contribution in [0.3, 0.4) is 0 Å². The number of hydrogen-bond acceptors (Lipinski definition) is 5. The number of hydrazone groups is 1. The number of hydrogen-bond donors (Lipinski definition) is 3. The average Bonchev–Trinajstić information content (AvgIpc) is 2.63. The van der Waals surface area contributed by atoms with E-state index in [2.05, 4.69) is 43.2 Å². The lowest BCUT2D eigenvalue weighted by atomic mass is 10.1. The molecule has 0 aliphatic carbocycles. The van der Waals surface area contributed by atoms with Crippen molar-refractivity contribution in [3.8, 4) is 0 Å². The molecule has 0 saturated heterocycles. The van der Waals surface area contributed by atoms with E-state index in [9.17, 15) is 9.59 Å². The molecule has 0 atom stereocenters. The normalized spacial score (nSPS) is 10.7. The van der Waals surface area contributed by atoms with Gasteiger partial charge in [-0.2, -0.15) is 5.10 Å². The Balaban J connectivity index is 2.08. The Bertz CT molecular complexity index is 863. The van der Waals surface area contributed by atoms with Crippen molar-refractivity contribution in [3.63, 3.8) is 0 Å². The van der Waals surface area contributed by atoms with E-state index in [1.807, 2.05) is 44.2 Å². The monoisotopic (exact) mass is 446 g/mol. The van der Waals surface area contributed by atoms with Crippen LogP contribution in [0.1, 0.15) is 16.7 Å². The highest BCUT2D eigenvalue weighted by molar-refractivity contribution is 9.10. The fourth-order valence-corrected chi connectivity index (χ4v) is 2.89. The number of nitrogens with one attached hydrogen (secondary N) is 3. The lowest BCUT2D eigenvalue weighted by Crippen LogP contribution is -2.39. The predicted octanol–water partition coefficient (Wildman–Crippen LogP) is 3.02. The van der Waals surface area contributed by atoms with Gasteiger partial charge in [-0.15, -0.1) is 0 Å². The molecule has 0 saturated carbocycles. The van der Waals surface area contributed by atoms with Crippen LogP contribution in [0.15, 0.2) is 46.0 Å². The van der Waals surface area contributed by atoms with Gasteiger partial charge < -0.3 is 15.4 Å². The smallest absolute Gasteiger partial charge is 0.329 e. The Kier molecular flexibility index (Phi) is 8.16. The summed E-state index contributed by atoms with van der Waals surface area (Å²) in [4.78, 5) is 23.4. The molecule has 0 heterocycles. The number of anilines is 2. The van der Waals surface area contributed by atoms with Crippen LogP contribution in [0.2, 0.25) is 0 Å². The number of methoxy groups -OCH3 is 1. The zero-order chi connectivity index (χ0) is 20.5. The van der Waals surface area contributed by atoms with Crippen molar-refractivity contribution in [2.75, 3.05) is 25.6 Å². The minimum absolute atomic E-state index is 0.252. The van der Waals surface area contributed by atoms with Crippen LogP contribution in [-0.2, 0) is 14.3 Å². The second-order valence-corrected chi connectivity index (χ2v) is 7.10. The molecule has 8 heteroatoms. The predicted molar refractivity (Wildman–Crippen MR) is 114 cm³/mol. The fourth-order valence-electron chi connectivity index (χ4n) is 2.51. The van der Waals surface area contributed by atoms with E-state index in [-0.39, 0.29) is 6.54 Å². The highest BCUT2D eigenvalue weighted by Gasteiger charge is 2.11. The summed E-state index contributed by atoms with van der Waals surface area (Å²) < 4.78 is 5.68. The molecule has 0 aliphatic rings. The summed E-state index contributed by atoms with van der Waals surface area (Å²) >= 11 is 3.43. The van der Waals surface area contributed by atoms with Crippen molar-refractivity contribution in [2.45, 2.75) is 13.8 Å². The van der Waals surface area contributed by atoms with Gasteiger partial charge in [-0.1, -0.05) is 22.0 Å². The topological polar surface area (TPSA) is 91.8 Å². The minimum atomic E-state index is -0.842. The van der Waals surface area contributed by atoms with E-state index in [0.29, 0.717) is 6.61 Å². The van der Waals surface area contributed by atoms with Gasteiger partial charge in [0.1, 0.15) is 0 Å². The Morgan fingerprint density at radius 3 is 2.50 bits per heavy atom.